The van der Waals surface area contributed by atoms with Gasteiger partial charge in [0.1, 0.15) is 25.5 Å². The largest absolute Gasteiger partial charge is 1.00 e. The van der Waals surface area contributed by atoms with Crippen LogP contribution >= 0.6 is 0 Å². The molecule has 2 N–H and O–H groups in total. The van der Waals surface area contributed by atoms with Crippen LogP contribution in [0.4, 0.5) is 0 Å². The van der Waals surface area contributed by atoms with E-state index in [2.05, 4.69) is 51.5 Å². The van der Waals surface area contributed by atoms with Crippen molar-refractivity contribution in [2.75, 3.05) is 52.4 Å². The molecule has 0 aliphatic rings. The summed E-state index contributed by atoms with van der Waals surface area (Å²) in [6.07, 6.45) is 4.21. The first kappa shape index (κ1) is 34.3. The second kappa shape index (κ2) is 19.3. The van der Waals surface area contributed by atoms with E-state index in [0.717, 1.165) is 61.3 Å². The topological polar surface area (TPSA) is 65.2 Å². The third-order valence-electron chi connectivity index (χ3n) is 6.44. The molecule has 0 saturated heterocycles. The highest BCUT2D eigenvalue weighted by Crippen LogP contribution is 2.08. The Morgan fingerprint density at radius 1 is 0.621 bits per heavy atom. The minimum atomic E-state index is -0.682. The van der Waals surface area contributed by atoms with E-state index in [4.69, 9.17) is 0 Å². The van der Waals surface area contributed by atoms with Gasteiger partial charge < -0.3 is 67.1 Å². The molecule has 0 heterocycles. The molecule has 29 heavy (non-hydrogen) atoms. The summed E-state index contributed by atoms with van der Waals surface area (Å²) in [6.45, 7) is 21.4. The fourth-order valence-corrected chi connectivity index (χ4v) is 3.43. The van der Waals surface area contributed by atoms with Crippen LogP contribution in [-0.2, 0) is 0 Å². The maximum atomic E-state index is 10.0. The van der Waals surface area contributed by atoms with E-state index in [-0.39, 0.29) is 48.0 Å². The van der Waals surface area contributed by atoms with E-state index in [1.54, 1.807) is 0 Å². The van der Waals surface area contributed by atoms with Crippen molar-refractivity contribution in [3.8, 4) is 0 Å². The third-order valence-corrected chi connectivity index (χ3v) is 6.44. The minimum absolute atomic E-state index is 0. The smallest absolute Gasteiger partial charge is 0.144 e. The first-order chi connectivity index (χ1) is 12.9. The number of hydrogen-bond donors (Lipinski definition) is 2. The number of quaternary nitrogens is 2. The van der Waals surface area contributed by atoms with Gasteiger partial charge in [0.05, 0.1) is 51.7 Å². The molecule has 0 aliphatic carbocycles. The zero-order chi connectivity index (χ0) is 20.8. The predicted octanol–water partition coefficient (Wildman–Crippen LogP) is -3.30. The van der Waals surface area contributed by atoms with Crippen molar-refractivity contribution in [2.45, 2.75) is 73.3 Å². The standard InChI is InChI=1S/C21H46N4O2.2HI/c1-7-24(8-2,9-3)18-16-22-20(26)14-13-15-21(27)23-17-19-25(10-4,11-5)12-6;;/h16-17,20-21,26-27H,7-15,18-19H2,1-6H3;2*1H/q+2;;/p-2/b22-16+,23-17+;;. The molecule has 0 rings (SSSR count). The number of aliphatic imine (C=N–C) groups is 2. The lowest BCUT2D eigenvalue weighted by atomic mass is 10.2. The van der Waals surface area contributed by atoms with Gasteiger partial charge in [0, 0.05) is 0 Å². The second-order valence-corrected chi connectivity index (χ2v) is 7.50. The molecule has 0 aromatic rings. The van der Waals surface area contributed by atoms with E-state index in [9.17, 15) is 10.2 Å². The van der Waals surface area contributed by atoms with Crippen molar-refractivity contribution >= 4 is 12.4 Å². The first-order valence-electron chi connectivity index (χ1n) is 11.0. The van der Waals surface area contributed by atoms with Crippen molar-refractivity contribution in [3.63, 3.8) is 0 Å². The average Bonchev–Trinajstić information content (AvgIpc) is 2.69. The Hall–Kier alpha value is 0.640. The van der Waals surface area contributed by atoms with E-state index < -0.39 is 12.5 Å². The fraction of sp³-hybridized carbons (Fsp3) is 0.905. The summed E-state index contributed by atoms with van der Waals surface area (Å²) in [7, 11) is 0. The number of aliphatic hydroxyl groups is 2. The van der Waals surface area contributed by atoms with E-state index in [1.165, 1.54) is 0 Å². The maximum Gasteiger partial charge on any atom is 0.144 e. The van der Waals surface area contributed by atoms with Crippen LogP contribution in [0.2, 0.25) is 0 Å². The van der Waals surface area contributed by atoms with Crippen LogP contribution in [0.3, 0.4) is 0 Å². The van der Waals surface area contributed by atoms with Gasteiger partial charge in [0.25, 0.3) is 0 Å². The molecule has 0 amide bonds. The van der Waals surface area contributed by atoms with Crippen molar-refractivity contribution in [3.05, 3.63) is 0 Å². The van der Waals surface area contributed by atoms with Gasteiger partial charge in [-0.15, -0.1) is 0 Å². The summed E-state index contributed by atoms with van der Waals surface area (Å²) in [6, 6.07) is 0. The van der Waals surface area contributed by atoms with Gasteiger partial charge in [-0.3, -0.25) is 9.98 Å². The fourth-order valence-electron chi connectivity index (χ4n) is 3.43. The molecule has 0 fully saturated rings. The zero-order valence-electron chi connectivity index (χ0n) is 19.5. The number of rotatable bonds is 16. The summed E-state index contributed by atoms with van der Waals surface area (Å²) in [5.74, 6) is 0. The summed E-state index contributed by atoms with van der Waals surface area (Å²) in [4.78, 5) is 8.54. The van der Waals surface area contributed by atoms with E-state index >= 15 is 0 Å². The Kier molecular flexibility index (Phi) is 22.8. The zero-order valence-corrected chi connectivity index (χ0v) is 23.8. The van der Waals surface area contributed by atoms with Gasteiger partial charge in [0.2, 0.25) is 0 Å². The molecule has 0 radical (unpaired) electrons. The van der Waals surface area contributed by atoms with Crippen molar-refractivity contribution in [2.24, 2.45) is 9.98 Å². The Morgan fingerprint density at radius 2 is 0.897 bits per heavy atom. The Bertz CT molecular complexity index is 374. The molecule has 2 atom stereocenters. The molecule has 8 heteroatoms. The van der Waals surface area contributed by atoms with Crippen LogP contribution in [0, 0.1) is 0 Å². The van der Waals surface area contributed by atoms with Gasteiger partial charge >= 0.3 is 0 Å². The van der Waals surface area contributed by atoms with Crippen LogP contribution in [0.1, 0.15) is 60.8 Å². The molecule has 6 nitrogen and oxygen atoms in total. The maximum absolute atomic E-state index is 10.0. The number of halogens is 2. The van der Waals surface area contributed by atoms with Gasteiger partial charge in [-0.1, -0.05) is 0 Å². The highest BCUT2D eigenvalue weighted by Gasteiger charge is 2.19. The summed E-state index contributed by atoms with van der Waals surface area (Å²) in [5, 5.41) is 20.1. The van der Waals surface area contributed by atoms with Crippen LogP contribution in [-0.4, -0.2) is 96.4 Å². The molecule has 176 valence electrons. The summed E-state index contributed by atoms with van der Waals surface area (Å²) in [5.41, 5.74) is 0. The number of nitrogens with zero attached hydrogens (tertiary/aromatic N) is 4. The van der Waals surface area contributed by atoms with Gasteiger partial charge in [0.15, 0.2) is 0 Å². The molecule has 2 unspecified atom stereocenters. The SMILES string of the molecule is CC[N+](CC)(CC)C/C=N/C(O)CCCC(O)/N=C/C[N+](CC)(CC)CC.[I-].[I-]. The lowest BCUT2D eigenvalue weighted by Crippen LogP contribution is -3.00. The third kappa shape index (κ3) is 13.6. The van der Waals surface area contributed by atoms with E-state index in [1.807, 2.05) is 12.4 Å². The lowest BCUT2D eigenvalue weighted by molar-refractivity contribution is -0.914. The minimum Gasteiger partial charge on any atom is -1.00 e. The molecule has 0 aliphatic heterocycles. The Morgan fingerprint density at radius 3 is 1.14 bits per heavy atom. The molecular formula is C21H46I2N4O2. The van der Waals surface area contributed by atoms with Crippen molar-refractivity contribution in [1.82, 2.24) is 0 Å². The lowest BCUT2D eigenvalue weighted by Gasteiger charge is -2.34. The first-order valence-corrected chi connectivity index (χ1v) is 11.0. The van der Waals surface area contributed by atoms with Crippen LogP contribution < -0.4 is 48.0 Å². The molecule has 0 saturated carbocycles. The normalized spacial score (nSPS) is 14.6. The average molecular weight is 640 g/mol. The van der Waals surface area contributed by atoms with Crippen LogP contribution in [0.15, 0.2) is 9.98 Å². The molecular weight excluding hydrogens is 594 g/mol. The monoisotopic (exact) mass is 640 g/mol. The van der Waals surface area contributed by atoms with Crippen LogP contribution in [0.25, 0.3) is 0 Å². The highest BCUT2D eigenvalue weighted by molar-refractivity contribution is 5.58. The van der Waals surface area contributed by atoms with Crippen LogP contribution in [0.5, 0.6) is 0 Å². The predicted molar refractivity (Wildman–Crippen MR) is 116 cm³/mol. The van der Waals surface area contributed by atoms with Gasteiger partial charge in [-0.2, -0.15) is 0 Å². The number of aliphatic hydroxyl groups excluding tert-OH is 2. The molecule has 0 aromatic carbocycles. The van der Waals surface area contributed by atoms with Crippen molar-refractivity contribution in [1.29, 1.82) is 0 Å². The molecule has 0 aromatic heterocycles. The number of hydrogen-bond acceptors (Lipinski definition) is 4. The quantitative estimate of drug-likeness (QED) is 0.106. The van der Waals surface area contributed by atoms with Crippen molar-refractivity contribution < 1.29 is 67.1 Å². The van der Waals surface area contributed by atoms with Gasteiger partial charge in [-0.25, -0.2) is 0 Å². The summed E-state index contributed by atoms with van der Waals surface area (Å²) >= 11 is 0. The Labute approximate surface area is 214 Å². The highest BCUT2D eigenvalue weighted by atomic mass is 127. The second-order valence-electron chi connectivity index (χ2n) is 7.50. The molecule has 0 bridgehead atoms. The van der Waals surface area contributed by atoms with Gasteiger partial charge in [-0.05, 0) is 60.8 Å². The van der Waals surface area contributed by atoms with E-state index in [0.29, 0.717) is 19.3 Å². The summed E-state index contributed by atoms with van der Waals surface area (Å²) < 4.78 is 1.99. The molecule has 0 spiro atoms. The Balaban J connectivity index is -0.00000338.